The van der Waals surface area contributed by atoms with E-state index in [0.29, 0.717) is 14.8 Å². The molecule has 0 saturated carbocycles. The van der Waals surface area contributed by atoms with Gasteiger partial charge in [0, 0.05) is 16.3 Å². The lowest BCUT2D eigenvalue weighted by Crippen LogP contribution is -2.31. The van der Waals surface area contributed by atoms with Gasteiger partial charge in [0.05, 0.1) is 14.5 Å². The van der Waals surface area contributed by atoms with Crippen molar-refractivity contribution in [2.24, 2.45) is 0 Å². The lowest BCUT2D eigenvalue weighted by Gasteiger charge is -2.30. The first-order valence-electron chi connectivity index (χ1n) is 5.14. The number of carbonyl (C=O) groups is 1. The molecular weight excluding hydrogens is 280 g/mol. The number of rotatable bonds is 2. The van der Waals surface area contributed by atoms with Gasteiger partial charge in [-0.1, -0.05) is 25.4 Å². The third-order valence-electron chi connectivity index (χ3n) is 2.66. The van der Waals surface area contributed by atoms with E-state index < -0.39 is 0 Å². The molecule has 88 valence electrons. The number of hydrogen-bond donors (Lipinski definition) is 0. The summed E-state index contributed by atoms with van der Waals surface area (Å²) in [6, 6.07) is 3.63. The number of ketones is 1. The van der Waals surface area contributed by atoms with Crippen LogP contribution in [-0.2, 0) is 0 Å². The average Bonchev–Trinajstić information content (AvgIpc) is 2.68. The van der Waals surface area contributed by atoms with E-state index >= 15 is 0 Å². The Hall–Kier alpha value is 0.360. The molecule has 1 aromatic heterocycles. The second-order valence-electron chi connectivity index (χ2n) is 3.84. The molecule has 2 heterocycles. The Balaban J connectivity index is 2.06. The molecule has 1 saturated heterocycles. The molecule has 3 atom stereocenters. The van der Waals surface area contributed by atoms with Gasteiger partial charge >= 0.3 is 0 Å². The molecule has 0 spiro atoms. The lowest BCUT2D eigenvalue weighted by atomic mass is 10.2. The van der Waals surface area contributed by atoms with Crippen LogP contribution < -0.4 is 0 Å². The van der Waals surface area contributed by atoms with E-state index in [0.717, 1.165) is 10.6 Å². The van der Waals surface area contributed by atoms with Crippen molar-refractivity contribution >= 4 is 52.2 Å². The fourth-order valence-electron chi connectivity index (χ4n) is 1.53. The summed E-state index contributed by atoms with van der Waals surface area (Å²) in [5.41, 5.74) is 0. The fraction of sp³-hybridized carbons (Fsp3) is 0.545. The number of thioether (sulfide) groups is 2. The summed E-state index contributed by atoms with van der Waals surface area (Å²) < 4.78 is 0.693. The summed E-state index contributed by atoms with van der Waals surface area (Å²) >= 11 is 10.9. The van der Waals surface area contributed by atoms with Gasteiger partial charge < -0.3 is 0 Å². The highest BCUT2D eigenvalue weighted by atomic mass is 35.5. The number of halogens is 1. The van der Waals surface area contributed by atoms with Gasteiger partial charge in [0.15, 0.2) is 5.78 Å². The summed E-state index contributed by atoms with van der Waals surface area (Å²) in [4.78, 5) is 13.0. The van der Waals surface area contributed by atoms with E-state index in [1.54, 1.807) is 17.8 Å². The minimum Gasteiger partial charge on any atom is -0.292 e. The molecule has 3 unspecified atom stereocenters. The smallest absolute Gasteiger partial charge is 0.186 e. The highest BCUT2D eigenvalue weighted by Crippen LogP contribution is 2.38. The minimum atomic E-state index is 0.103. The largest absolute Gasteiger partial charge is 0.292 e. The zero-order valence-corrected chi connectivity index (χ0v) is 12.3. The zero-order valence-electron chi connectivity index (χ0n) is 9.10. The SMILES string of the molecule is CC1SCC(C(=O)c2ccc(Cl)s2)SC1C. The van der Waals surface area contributed by atoms with E-state index in [9.17, 15) is 4.79 Å². The van der Waals surface area contributed by atoms with E-state index in [4.69, 9.17) is 11.6 Å². The average molecular weight is 293 g/mol. The van der Waals surface area contributed by atoms with Crippen molar-refractivity contribution in [2.75, 3.05) is 5.75 Å². The summed E-state index contributed by atoms with van der Waals surface area (Å²) in [7, 11) is 0. The molecule has 2 rings (SSSR count). The predicted molar refractivity (Wildman–Crippen MR) is 76.4 cm³/mol. The Kier molecular flexibility index (Phi) is 4.27. The van der Waals surface area contributed by atoms with Crippen molar-refractivity contribution in [3.8, 4) is 0 Å². The van der Waals surface area contributed by atoms with E-state index in [2.05, 4.69) is 13.8 Å². The van der Waals surface area contributed by atoms with Crippen molar-refractivity contribution in [3.63, 3.8) is 0 Å². The standard InChI is InChI=1S/C11H13ClOS3/c1-6-7(2)15-9(5-14-6)11(13)8-3-4-10(12)16-8/h3-4,6-7,9H,5H2,1-2H3. The van der Waals surface area contributed by atoms with Crippen LogP contribution in [0.4, 0.5) is 0 Å². The third kappa shape index (κ3) is 2.78. The molecule has 0 aliphatic carbocycles. The second kappa shape index (κ2) is 5.34. The van der Waals surface area contributed by atoms with Crippen molar-refractivity contribution < 1.29 is 4.79 Å². The molecule has 0 aromatic carbocycles. The van der Waals surface area contributed by atoms with Gasteiger partial charge in [-0.15, -0.1) is 23.1 Å². The monoisotopic (exact) mass is 292 g/mol. The minimum absolute atomic E-state index is 0.103. The molecule has 5 heteroatoms. The first kappa shape index (κ1) is 12.8. The molecule has 1 aliphatic heterocycles. The highest BCUT2D eigenvalue weighted by molar-refractivity contribution is 8.08. The van der Waals surface area contributed by atoms with Gasteiger partial charge in [0.1, 0.15) is 0 Å². The van der Waals surface area contributed by atoms with Crippen molar-refractivity contribution in [2.45, 2.75) is 29.6 Å². The van der Waals surface area contributed by atoms with Crippen LogP contribution >= 0.6 is 46.5 Å². The van der Waals surface area contributed by atoms with Gasteiger partial charge in [0.25, 0.3) is 0 Å². The molecular formula is C11H13ClOS3. The first-order chi connectivity index (χ1) is 7.58. The van der Waals surface area contributed by atoms with Gasteiger partial charge in [-0.25, -0.2) is 0 Å². The van der Waals surface area contributed by atoms with Crippen LogP contribution in [0.3, 0.4) is 0 Å². The molecule has 0 amide bonds. The van der Waals surface area contributed by atoms with E-state index in [-0.39, 0.29) is 11.0 Å². The fourth-order valence-corrected chi connectivity index (χ4v) is 5.51. The van der Waals surface area contributed by atoms with Crippen LogP contribution in [0.15, 0.2) is 12.1 Å². The molecule has 0 N–H and O–H groups in total. The van der Waals surface area contributed by atoms with E-state index in [1.165, 1.54) is 11.3 Å². The van der Waals surface area contributed by atoms with Crippen molar-refractivity contribution in [1.82, 2.24) is 0 Å². The molecule has 1 aromatic rings. The predicted octanol–water partition coefficient (Wildman–Crippen LogP) is 4.21. The van der Waals surface area contributed by atoms with Gasteiger partial charge in [-0.05, 0) is 12.1 Å². The van der Waals surface area contributed by atoms with Crippen LogP contribution in [-0.4, -0.2) is 27.3 Å². The van der Waals surface area contributed by atoms with Crippen LogP contribution in [0, 0.1) is 0 Å². The Morgan fingerprint density at radius 2 is 2.12 bits per heavy atom. The Morgan fingerprint density at radius 3 is 2.69 bits per heavy atom. The van der Waals surface area contributed by atoms with Gasteiger partial charge in [-0.2, -0.15) is 11.8 Å². The zero-order chi connectivity index (χ0) is 11.7. The van der Waals surface area contributed by atoms with Crippen LogP contribution in [0.25, 0.3) is 0 Å². The number of hydrogen-bond acceptors (Lipinski definition) is 4. The third-order valence-corrected chi connectivity index (χ3v) is 7.29. The number of Topliss-reactive ketones (excluding diaryl/α,β-unsaturated/α-hetero) is 1. The van der Waals surface area contributed by atoms with Crippen molar-refractivity contribution in [1.29, 1.82) is 0 Å². The summed E-state index contributed by atoms with van der Waals surface area (Å²) in [6.07, 6.45) is 0. The van der Waals surface area contributed by atoms with E-state index in [1.807, 2.05) is 17.8 Å². The van der Waals surface area contributed by atoms with Crippen LogP contribution in [0.2, 0.25) is 4.34 Å². The van der Waals surface area contributed by atoms with Crippen LogP contribution in [0.5, 0.6) is 0 Å². The highest BCUT2D eigenvalue weighted by Gasteiger charge is 2.31. The van der Waals surface area contributed by atoms with Crippen molar-refractivity contribution in [3.05, 3.63) is 21.3 Å². The van der Waals surface area contributed by atoms with Gasteiger partial charge in [-0.3, -0.25) is 4.79 Å². The topological polar surface area (TPSA) is 17.1 Å². The Morgan fingerprint density at radius 1 is 1.38 bits per heavy atom. The van der Waals surface area contributed by atoms with Crippen LogP contribution in [0.1, 0.15) is 23.5 Å². The maximum atomic E-state index is 12.2. The molecule has 1 aliphatic rings. The summed E-state index contributed by atoms with van der Waals surface area (Å²) in [5, 5.41) is 1.29. The maximum Gasteiger partial charge on any atom is 0.186 e. The molecule has 0 bridgehead atoms. The Bertz CT molecular complexity index is 390. The molecule has 0 radical (unpaired) electrons. The Labute approximate surface area is 113 Å². The quantitative estimate of drug-likeness (QED) is 0.760. The first-order valence-corrected chi connectivity index (χ1v) is 8.33. The number of carbonyl (C=O) groups excluding carboxylic acids is 1. The normalized spacial score (nSPS) is 30.3. The lowest BCUT2D eigenvalue weighted by molar-refractivity contribution is 0.0998. The molecule has 1 nitrogen and oxygen atoms in total. The summed E-state index contributed by atoms with van der Waals surface area (Å²) in [6.45, 7) is 4.42. The second-order valence-corrected chi connectivity index (χ2v) is 8.55. The molecule has 1 fully saturated rings. The molecule has 16 heavy (non-hydrogen) atoms. The maximum absolute atomic E-state index is 12.2. The van der Waals surface area contributed by atoms with Gasteiger partial charge in [0.2, 0.25) is 0 Å². The number of thiophene rings is 1. The summed E-state index contributed by atoms with van der Waals surface area (Å²) in [5.74, 6) is 1.16.